The number of H-pyrrole nitrogens is 1. The molecule has 0 radical (unpaired) electrons. The van der Waals surface area contributed by atoms with Gasteiger partial charge in [0.15, 0.2) is 0 Å². The summed E-state index contributed by atoms with van der Waals surface area (Å²) in [7, 11) is 0. The van der Waals surface area contributed by atoms with Crippen molar-refractivity contribution in [3.63, 3.8) is 0 Å². The highest BCUT2D eigenvalue weighted by molar-refractivity contribution is 4.97. The van der Waals surface area contributed by atoms with Crippen LogP contribution in [-0.4, -0.2) is 21.2 Å². The zero-order chi connectivity index (χ0) is 9.31. The number of aromatic nitrogens is 3. The second-order valence-corrected chi connectivity index (χ2v) is 4.19. The van der Waals surface area contributed by atoms with Crippen LogP contribution in [0.2, 0.25) is 0 Å². The standard InChI is InChI=1S/C9H16N4/c1-7(9(2)3-4-9)10-5-8-11-6-12-13-8/h6-7,10H,3-5H2,1-2H3,(H,11,12,13). The molecule has 1 heterocycles. The molecule has 1 aromatic heterocycles. The van der Waals surface area contributed by atoms with Gasteiger partial charge >= 0.3 is 0 Å². The van der Waals surface area contributed by atoms with Crippen LogP contribution in [-0.2, 0) is 6.54 Å². The van der Waals surface area contributed by atoms with Gasteiger partial charge in [-0.05, 0) is 25.2 Å². The van der Waals surface area contributed by atoms with Crippen LogP contribution >= 0.6 is 0 Å². The molecule has 2 N–H and O–H groups in total. The van der Waals surface area contributed by atoms with Gasteiger partial charge in [-0.15, -0.1) is 0 Å². The van der Waals surface area contributed by atoms with Crippen molar-refractivity contribution in [2.75, 3.05) is 0 Å². The molecule has 1 atom stereocenters. The summed E-state index contributed by atoms with van der Waals surface area (Å²) >= 11 is 0. The van der Waals surface area contributed by atoms with Gasteiger partial charge in [0, 0.05) is 6.04 Å². The third kappa shape index (κ3) is 1.88. The Labute approximate surface area is 78.1 Å². The van der Waals surface area contributed by atoms with Crippen LogP contribution in [0.1, 0.15) is 32.5 Å². The lowest BCUT2D eigenvalue weighted by Crippen LogP contribution is -2.33. The van der Waals surface area contributed by atoms with Gasteiger partial charge in [0.2, 0.25) is 0 Å². The Hall–Kier alpha value is -0.900. The van der Waals surface area contributed by atoms with E-state index in [1.165, 1.54) is 12.8 Å². The third-order valence-corrected chi connectivity index (χ3v) is 3.12. The summed E-state index contributed by atoms with van der Waals surface area (Å²) in [5, 5.41) is 10.1. The van der Waals surface area contributed by atoms with Crippen LogP contribution in [0.25, 0.3) is 0 Å². The van der Waals surface area contributed by atoms with Crippen molar-refractivity contribution >= 4 is 0 Å². The van der Waals surface area contributed by atoms with E-state index in [2.05, 4.69) is 34.3 Å². The molecule has 13 heavy (non-hydrogen) atoms. The molecule has 0 aliphatic heterocycles. The lowest BCUT2D eigenvalue weighted by Gasteiger charge is -2.19. The summed E-state index contributed by atoms with van der Waals surface area (Å²) in [4.78, 5) is 4.06. The highest BCUT2D eigenvalue weighted by Crippen LogP contribution is 2.47. The van der Waals surface area contributed by atoms with E-state index in [1.807, 2.05) is 0 Å². The maximum absolute atomic E-state index is 4.06. The van der Waals surface area contributed by atoms with Crippen molar-refractivity contribution < 1.29 is 0 Å². The number of hydrogen-bond acceptors (Lipinski definition) is 3. The average Bonchev–Trinajstić information content (AvgIpc) is 2.70. The predicted molar refractivity (Wildman–Crippen MR) is 50.0 cm³/mol. The Balaban J connectivity index is 1.79. The molecule has 0 saturated heterocycles. The smallest absolute Gasteiger partial charge is 0.138 e. The van der Waals surface area contributed by atoms with Crippen molar-refractivity contribution in [3.05, 3.63) is 12.2 Å². The summed E-state index contributed by atoms with van der Waals surface area (Å²) in [6.45, 7) is 5.35. The molecule has 1 fully saturated rings. The Morgan fingerprint density at radius 2 is 2.46 bits per heavy atom. The molecular formula is C9H16N4. The van der Waals surface area contributed by atoms with Crippen molar-refractivity contribution in [3.8, 4) is 0 Å². The van der Waals surface area contributed by atoms with E-state index in [0.717, 1.165) is 12.4 Å². The topological polar surface area (TPSA) is 53.6 Å². The second kappa shape index (κ2) is 3.10. The Morgan fingerprint density at radius 1 is 1.69 bits per heavy atom. The van der Waals surface area contributed by atoms with Crippen molar-refractivity contribution in [2.24, 2.45) is 5.41 Å². The summed E-state index contributed by atoms with van der Waals surface area (Å²) in [6.07, 6.45) is 4.23. The Kier molecular flexibility index (Phi) is 2.07. The van der Waals surface area contributed by atoms with Gasteiger partial charge in [-0.25, -0.2) is 4.98 Å². The minimum atomic E-state index is 0.528. The summed E-state index contributed by atoms with van der Waals surface area (Å²) in [5.41, 5.74) is 0.528. The fraction of sp³-hybridized carbons (Fsp3) is 0.778. The number of rotatable bonds is 4. The molecule has 1 aliphatic rings. The summed E-state index contributed by atoms with van der Waals surface area (Å²) < 4.78 is 0. The Morgan fingerprint density at radius 3 is 3.00 bits per heavy atom. The van der Waals surface area contributed by atoms with E-state index < -0.39 is 0 Å². The Bertz CT molecular complexity index is 263. The molecule has 72 valence electrons. The quantitative estimate of drug-likeness (QED) is 0.729. The lowest BCUT2D eigenvalue weighted by molar-refractivity contribution is 0.376. The monoisotopic (exact) mass is 180 g/mol. The van der Waals surface area contributed by atoms with Gasteiger partial charge < -0.3 is 5.32 Å². The first-order valence-corrected chi connectivity index (χ1v) is 4.78. The molecule has 0 aromatic carbocycles. The first-order chi connectivity index (χ1) is 6.21. The van der Waals surface area contributed by atoms with Gasteiger partial charge in [0.1, 0.15) is 12.2 Å². The first-order valence-electron chi connectivity index (χ1n) is 4.78. The first kappa shape index (κ1) is 8.69. The van der Waals surface area contributed by atoms with E-state index in [9.17, 15) is 0 Å². The molecular weight excluding hydrogens is 164 g/mol. The van der Waals surface area contributed by atoms with E-state index in [-0.39, 0.29) is 0 Å². The molecule has 0 bridgehead atoms. The fourth-order valence-electron chi connectivity index (χ4n) is 1.44. The van der Waals surface area contributed by atoms with Gasteiger partial charge in [-0.2, -0.15) is 5.10 Å². The minimum Gasteiger partial charge on any atom is -0.307 e. The van der Waals surface area contributed by atoms with Gasteiger partial charge in [-0.1, -0.05) is 6.92 Å². The summed E-state index contributed by atoms with van der Waals surface area (Å²) in [5.74, 6) is 0.913. The van der Waals surface area contributed by atoms with Crippen LogP contribution in [0, 0.1) is 5.41 Å². The number of hydrogen-bond donors (Lipinski definition) is 2. The van der Waals surface area contributed by atoms with Crippen LogP contribution in [0.15, 0.2) is 6.33 Å². The van der Waals surface area contributed by atoms with Crippen molar-refractivity contribution in [2.45, 2.75) is 39.3 Å². The van der Waals surface area contributed by atoms with Gasteiger partial charge in [0.25, 0.3) is 0 Å². The number of nitrogens with one attached hydrogen (secondary N) is 2. The zero-order valence-corrected chi connectivity index (χ0v) is 8.17. The molecule has 2 rings (SSSR count). The van der Waals surface area contributed by atoms with Crippen LogP contribution in [0.3, 0.4) is 0 Å². The van der Waals surface area contributed by atoms with E-state index >= 15 is 0 Å². The molecule has 4 nitrogen and oxygen atoms in total. The fourth-order valence-corrected chi connectivity index (χ4v) is 1.44. The van der Waals surface area contributed by atoms with Crippen molar-refractivity contribution in [1.29, 1.82) is 0 Å². The van der Waals surface area contributed by atoms with Crippen LogP contribution in [0.4, 0.5) is 0 Å². The molecule has 0 spiro atoms. The highest BCUT2D eigenvalue weighted by Gasteiger charge is 2.42. The normalized spacial score (nSPS) is 21.4. The average molecular weight is 180 g/mol. The zero-order valence-electron chi connectivity index (χ0n) is 8.17. The predicted octanol–water partition coefficient (Wildman–Crippen LogP) is 1.08. The van der Waals surface area contributed by atoms with Crippen LogP contribution in [0.5, 0.6) is 0 Å². The van der Waals surface area contributed by atoms with E-state index in [4.69, 9.17) is 0 Å². The molecule has 4 heteroatoms. The minimum absolute atomic E-state index is 0.528. The van der Waals surface area contributed by atoms with Gasteiger partial charge in [0.05, 0.1) is 6.54 Å². The maximum Gasteiger partial charge on any atom is 0.138 e. The lowest BCUT2D eigenvalue weighted by atomic mass is 10.0. The molecule has 1 unspecified atom stereocenters. The van der Waals surface area contributed by atoms with Gasteiger partial charge in [-0.3, -0.25) is 5.10 Å². The largest absolute Gasteiger partial charge is 0.307 e. The second-order valence-electron chi connectivity index (χ2n) is 4.19. The highest BCUT2D eigenvalue weighted by atomic mass is 15.2. The number of nitrogens with zero attached hydrogens (tertiary/aromatic N) is 2. The van der Waals surface area contributed by atoms with E-state index in [0.29, 0.717) is 11.5 Å². The third-order valence-electron chi connectivity index (χ3n) is 3.12. The molecule has 1 saturated carbocycles. The SMILES string of the molecule is CC(NCc1ncn[nH]1)C1(C)CC1. The molecule has 1 aliphatic carbocycles. The summed E-state index contributed by atoms with van der Waals surface area (Å²) in [6, 6.07) is 0.567. The maximum atomic E-state index is 4.06. The van der Waals surface area contributed by atoms with Crippen molar-refractivity contribution in [1.82, 2.24) is 20.5 Å². The molecule has 1 aromatic rings. The number of aromatic amines is 1. The molecule has 0 amide bonds. The van der Waals surface area contributed by atoms with Crippen LogP contribution < -0.4 is 5.32 Å². The van der Waals surface area contributed by atoms with E-state index in [1.54, 1.807) is 6.33 Å².